The molecule has 0 spiro atoms. The van der Waals surface area contributed by atoms with Crippen LogP contribution in [-0.2, 0) is 11.2 Å². The van der Waals surface area contributed by atoms with Crippen LogP contribution in [0.15, 0.2) is 18.2 Å². The zero-order chi connectivity index (χ0) is 11.3. The van der Waals surface area contributed by atoms with Crippen molar-refractivity contribution in [1.82, 2.24) is 0 Å². The highest BCUT2D eigenvalue weighted by Crippen LogP contribution is 2.11. The molecule has 0 aliphatic carbocycles. The number of halogens is 1. The third-order valence-corrected chi connectivity index (χ3v) is 2.44. The van der Waals surface area contributed by atoms with Crippen molar-refractivity contribution in [1.29, 1.82) is 0 Å². The second kappa shape index (κ2) is 5.64. The number of carbonyl (C=O) groups is 1. The summed E-state index contributed by atoms with van der Waals surface area (Å²) in [5.41, 5.74) is 1.69. The maximum atomic E-state index is 13.0. The lowest BCUT2D eigenvalue weighted by Gasteiger charge is -2.02. The fourth-order valence-electron chi connectivity index (χ4n) is 1.55. The molecule has 0 unspecified atom stereocenters. The quantitative estimate of drug-likeness (QED) is 0.724. The molecule has 1 rings (SSSR count). The Labute approximate surface area is 90.3 Å². The molecular weight excluding hydrogens is 191 g/mol. The van der Waals surface area contributed by atoms with E-state index in [0.29, 0.717) is 24.2 Å². The van der Waals surface area contributed by atoms with Crippen LogP contribution in [0.5, 0.6) is 0 Å². The van der Waals surface area contributed by atoms with Crippen LogP contribution in [0, 0.1) is 12.7 Å². The van der Waals surface area contributed by atoms with E-state index in [1.807, 2.05) is 13.0 Å². The average molecular weight is 208 g/mol. The number of carbonyl (C=O) groups excluding carboxylic acids is 1. The van der Waals surface area contributed by atoms with Crippen molar-refractivity contribution in [2.75, 3.05) is 0 Å². The number of Topliss-reactive ketones (excluding diaryl/α,β-unsaturated/α-hetero) is 1. The zero-order valence-corrected chi connectivity index (χ0v) is 9.35. The predicted octanol–water partition coefficient (Wildman–Crippen LogP) is 3.44. The van der Waals surface area contributed by atoms with Crippen LogP contribution in [0.4, 0.5) is 4.39 Å². The molecule has 0 atom stereocenters. The van der Waals surface area contributed by atoms with Gasteiger partial charge in [-0.2, -0.15) is 0 Å². The molecule has 0 bridgehead atoms. The SMILES string of the molecule is CCCC(=O)CCc1ccc(F)c(C)c1. The molecule has 0 aliphatic rings. The predicted molar refractivity (Wildman–Crippen MR) is 59.4 cm³/mol. The van der Waals surface area contributed by atoms with E-state index in [0.717, 1.165) is 18.4 Å². The molecule has 82 valence electrons. The molecule has 0 saturated heterocycles. The molecule has 0 heterocycles. The van der Waals surface area contributed by atoms with Gasteiger partial charge in [0.2, 0.25) is 0 Å². The number of benzene rings is 1. The van der Waals surface area contributed by atoms with Crippen LogP contribution >= 0.6 is 0 Å². The number of ketones is 1. The first-order chi connectivity index (χ1) is 7.13. The van der Waals surface area contributed by atoms with E-state index < -0.39 is 0 Å². The fourth-order valence-corrected chi connectivity index (χ4v) is 1.55. The van der Waals surface area contributed by atoms with Gasteiger partial charge in [-0.25, -0.2) is 4.39 Å². The minimum Gasteiger partial charge on any atom is -0.300 e. The Morgan fingerprint density at radius 3 is 2.67 bits per heavy atom. The van der Waals surface area contributed by atoms with Crippen molar-refractivity contribution in [2.45, 2.75) is 39.5 Å². The second-order valence-corrected chi connectivity index (χ2v) is 3.87. The zero-order valence-electron chi connectivity index (χ0n) is 9.35. The van der Waals surface area contributed by atoms with Gasteiger partial charge < -0.3 is 0 Å². The Kier molecular flexibility index (Phi) is 4.47. The van der Waals surface area contributed by atoms with Gasteiger partial charge in [0.15, 0.2) is 0 Å². The largest absolute Gasteiger partial charge is 0.300 e. The third kappa shape index (κ3) is 3.82. The number of rotatable bonds is 5. The first-order valence-corrected chi connectivity index (χ1v) is 5.40. The van der Waals surface area contributed by atoms with Gasteiger partial charge in [0.05, 0.1) is 0 Å². The van der Waals surface area contributed by atoms with Crippen molar-refractivity contribution in [3.05, 3.63) is 35.1 Å². The summed E-state index contributed by atoms with van der Waals surface area (Å²) in [4.78, 5) is 11.3. The molecule has 0 aliphatic heterocycles. The van der Waals surface area contributed by atoms with E-state index in [1.165, 1.54) is 6.07 Å². The monoisotopic (exact) mass is 208 g/mol. The maximum Gasteiger partial charge on any atom is 0.133 e. The summed E-state index contributed by atoms with van der Waals surface area (Å²) < 4.78 is 13.0. The van der Waals surface area contributed by atoms with Crippen LogP contribution in [0.1, 0.15) is 37.3 Å². The molecule has 2 heteroatoms. The van der Waals surface area contributed by atoms with E-state index in [2.05, 4.69) is 0 Å². The smallest absolute Gasteiger partial charge is 0.133 e. The summed E-state index contributed by atoms with van der Waals surface area (Å²) >= 11 is 0. The van der Waals surface area contributed by atoms with Crippen LogP contribution < -0.4 is 0 Å². The van der Waals surface area contributed by atoms with E-state index in [-0.39, 0.29) is 5.82 Å². The van der Waals surface area contributed by atoms with Crippen LogP contribution in [0.25, 0.3) is 0 Å². The number of hydrogen-bond donors (Lipinski definition) is 0. The van der Waals surface area contributed by atoms with Crippen LogP contribution in [0.2, 0.25) is 0 Å². The van der Waals surface area contributed by atoms with Gasteiger partial charge in [-0.15, -0.1) is 0 Å². The highest BCUT2D eigenvalue weighted by Gasteiger charge is 2.03. The van der Waals surface area contributed by atoms with Crippen molar-refractivity contribution in [3.63, 3.8) is 0 Å². The van der Waals surface area contributed by atoms with E-state index in [9.17, 15) is 9.18 Å². The van der Waals surface area contributed by atoms with Crippen molar-refractivity contribution < 1.29 is 9.18 Å². The molecule has 0 fully saturated rings. The summed E-state index contributed by atoms with van der Waals surface area (Å²) in [6, 6.07) is 5.03. The summed E-state index contributed by atoms with van der Waals surface area (Å²) in [6.45, 7) is 3.74. The molecule has 1 aromatic carbocycles. The van der Waals surface area contributed by atoms with E-state index in [1.54, 1.807) is 13.0 Å². The Morgan fingerprint density at radius 2 is 2.07 bits per heavy atom. The van der Waals surface area contributed by atoms with Gasteiger partial charge in [0.25, 0.3) is 0 Å². The summed E-state index contributed by atoms with van der Waals surface area (Å²) in [6.07, 6.45) is 2.85. The number of aryl methyl sites for hydroxylation is 2. The molecule has 1 nitrogen and oxygen atoms in total. The van der Waals surface area contributed by atoms with Crippen molar-refractivity contribution in [3.8, 4) is 0 Å². The average Bonchev–Trinajstić information content (AvgIpc) is 2.20. The van der Waals surface area contributed by atoms with Crippen LogP contribution in [0.3, 0.4) is 0 Å². The van der Waals surface area contributed by atoms with Gasteiger partial charge in [-0.1, -0.05) is 19.1 Å². The van der Waals surface area contributed by atoms with Gasteiger partial charge >= 0.3 is 0 Å². The lowest BCUT2D eigenvalue weighted by Crippen LogP contribution is -1.99. The van der Waals surface area contributed by atoms with Gasteiger partial charge in [0.1, 0.15) is 11.6 Å². The van der Waals surface area contributed by atoms with Gasteiger partial charge in [-0.3, -0.25) is 4.79 Å². The van der Waals surface area contributed by atoms with Crippen molar-refractivity contribution >= 4 is 5.78 Å². The molecule has 0 N–H and O–H groups in total. The van der Waals surface area contributed by atoms with E-state index in [4.69, 9.17) is 0 Å². The molecule has 15 heavy (non-hydrogen) atoms. The topological polar surface area (TPSA) is 17.1 Å². The minimum absolute atomic E-state index is 0.182. The Morgan fingerprint density at radius 1 is 1.33 bits per heavy atom. The Hall–Kier alpha value is -1.18. The first kappa shape index (κ1) is 11.9. The van der Waals surface area contributed by atoms with Crippen molar-refractivity contribution in [2.24, 2.45) is 0 Å². The minimum atomic E-state index is -0.182. The van der Waals surface area contributed by atoms with Gasteiger partial charge in [0, 0.05) is 12.8 Å². The molecule has 0 amide bonds. The first-order valence-electron chi connectivity index (χ1n) is 5.40. The lowest BCUT2D eigenvalue weighted by atomic mass is 10.0. The summed E-state index contributed by atoms with van der Waals surface area (Å²) in [7, 11) is 0. The summed E-state index contributed by atoms with van der Waals surface area (Å²) in [5, 5.41) is 0. The molecule has 0 saturated carbocycles. The summed E-state index contributed by atoms with van der Waals surface area (Å²) in [5.74, 6) is 0.109. The molecule has 0 aromatic heterocycles. The molecule has 1 aromatic rings. The highest BCUT2D eigenvalue weighted by molar-refractivity contribution is 5.78. The lowest BCUT2D eigenvalue weighted by molar-refractivity contribution is -0.119. The second-order valence-electron chi connectivity index (χ2n) is 3.87. The fraction of sp³-hybridized carbons (Fsp3) is 0.462. The Bertz CT molecular complexity index is 344. The number of hydrogen-bond acceptors (Lipinski definition) is 1. The maximum absolute atomic E-state index is 13.0. The molecular formula is C13H17FO. The normalized spacial score (nSPS) is 10.3. The standard InChI is InChI=1S/C13H17FO/c1-3-4-12(15)7-5-11-6-8-13(14)10(2)9-11/h6,8-9H,3-5,7H2,1-2H3. The third-order valence-electron chi connectivity index (χ3n) is 2.44. The molecule has 0 radical (unpaired) electrons. The van der Waals surface area contributed by atoms with Gasteiger partial charge in [-0.05, 0) is 37.0 Å². The van der Waals surface area contributed by atoms with Crippen LogP contribution in [-0.4, -0.2) is 5.78 Å². The highest BCUT2D eigenvalue weighted by atomic mass is 19.1. The Balaban J connectivity index is 2.51. The van der Waals surface area contributed by atoms with E-state index >= 15 is 0 Å².